The van der Waals surface area contributed by atoms with Crippen molar-refractivity contribution in [1.82, 2.24) is 14.7 Å². The van der Waals surface area contributed by atoms with Gasteiger partial charge in [-0.25, -0.2) is 4.79 Å². The average molecular weight is 283 g/mol. The van der Waals surface area contributed by atoms with Crippen molar-refractivity contribution < 1.29 is 14.7 Å². The second-order valence-electron chi connectivity index (χ2n) is 6.14. The van der Waals surface area contributed by atoms with E-state index in [4.69, 9.17) is 5.11 Å². The number of hydrogen-bond donors (Lipinski definition) is 1. The molecular weight excluding hydrogens is 258 g/mol. The lowest BCUT2D eigenvalue weighted by atomic mass is 10.0. The van der Waals surface area contributed by atoms with Gasteiger partial charge in [0.1, 0.15) is 0 Å². The monoisotopic (exact) mass is 283 g/mol. The number of urea groups is 1. The Morgan fingerprint density at radius 1 is 1.15 bits per heavy atom. The minimum Gasteiger partial charge on any atom is -0.481 e. The first-order valence-electron chi connectivity index (χ1n) is 7.39. The highest BCUT2D eigenvalue weighted by atomic mass is 16.4. The van der Waals surface area contributed by atoms with Crippen molar-refractivity contribution >= 4 is 12.0 Å². The highest BCUT2D eigenvalue weighted by Crippen LogP contribution is 2.26. The van der Waals surface area contributed by atoms with E-state index in [-0.39, 0.29) is 12.5 Å². The molecule has 2 saturated heterocycles. The van der Waals surface area contributed by atoms with Crippen LogP contribution in [0.5, 0.6) is 0 Å². The molecule has 0 aromatic rings. The Morgan fingerprint density at radius 3 is 2.35 bits per heavy atom. The van der Waals surface area contributed by atoms with Crippen LogP contribution in [0.4, 0.5) is 4.79 Å². The fourth-order valence-electron chi connectivity index (χ4n) is 3.31. The Balaban J connectivity index is 1.77. The second kappa shape index (κ2) is 6.43. The Labute approximate surface area is 120 Å². The van der Waals surface area contributed by atoms with Gasteiger partial charge in [-0.2, -0.15) is 0 Å². The molecule has 0 aliphatic carbocycles. The Bertz CT molecular complexity index is 365. The molecule has 0 aromatic carbocycles. The number of carbonyl (C=O) groups is 2. The zero-order valence-electron chi connectivity index (χ0n) is 12.4. The molecule has 0 bridgehead atoms. The van der Waals surface area contributed by atoms with E-state index in [1.54, 1.807) is 19.0 Å². The lowest BCUT2D eigenvalue weighted by Gasteiger charge is -2.37. The molecule has 1 N–H and O–H groups in total. The predicted octanol–water partition coefficient (Wildman–Crippen LogP) is 0.929. The van der Waals surface area contributed by atoms with Crippen LogP contribution in [-0.2, 0) is 4.79 Å². The van der Waals surface area contributed by atoms with Crippen LogP contribution in [0.25, 0.3) is 0 Å². The van der Waals surface area contributed by atoms with E-state index >= 15 is 0 Å². The smallest absolute Gasteiger partial charge is 0.319 e. The van der Waals surface area contributed by atoms with Gasteiger partial charge in [-0.05, 0) is 31.7 Å². The van der Waals surface area contributed by atoms with Crippen LogP contribution in [0.15, 0.2) is 0 Å². The summed E-state index contributed by atoms with van der Waals surface area (Å²) in [5.74, 6) is -0.391. The molecule has 1 unspecified atom stereocenters. The van der Waals surface area contributed by atoms with Gasteiger partial charge < -0.3 is 14.9 Å². The largest absolute Gasteiger partial charge is 0.481 e. The van der Waals surface area contributed by atoms with E-state index in [1.807, 2.05) is 4.90 Å². The van der Waals surface area contributed by atoms with Crippen LogP contribution in [0, 0.1) is 5.92 Å². The van der Waals surface area contributed by atoms with E-state index in [2.05, 4.69) is 4.90 Å². The number of carboxylic acids is 1. The maximum absolute atomic E-state index is 11.9. The van der Waals surface area contributed by atoms with Gasteiger partial charge in [0, 0.05) is 46.2 Å². The summed E-state index contributed by atoms with van der Waals surface area (Å²) in [4.78, 5) is 28.6. The van der Waals surface area contributed by atoms with Crippen LogP contribution in [0.2, 0.25) is 0 Å². The van der Waals surface area contributed by atoms with Crippen LogP contribution in [-0.4, -0.2) is 78.1 Å². The average Bonchev–Trinajstić information content (AvgIpc) is 2.85. The fraction of sp³-hybridized carbons (Fsp3) is 0.857. The summed E-state index contributed by atoms with van der Waals surface area (Å²) < 4.78 is 0. The summed E-state index contributed by atoms with van der Waals surface area (Å²) in [5.41, 5.74) is 0. The number of rotatable bonds is 3. The van der Waals surface area contributed by atoms with E-state index in [0.29, 0.717) is 12.0 Å². The first kappa shape index (κ1) is 15.1. The Hall–Kier alpha value is -1.30. The molecule has 2 fully saturated rings. The normalized spacial score (nSPS) is 24.9. The Morgan fingerprint density at radius 2 is 1.80 bits per heavy atom. The third-order valence-corrected chi connectivity index (χ3v) is 4.41. The molecule has 2 heterocycles. The summed E-state index contributed by atoms with van der Waals surface area (Å²) in [6.07, 6.45) is 3.27. The molecular formula is C14H25N3O3. The van der Waals surface area contributed by atoms with Gasteiger partial charge in [-0.15, -0.1) is 0 Å². The lowest BCUT2D eigenvalue weighted by molar-refractivity contribution is -0.138. The van der Waals surface area contributed by atoms with Crippen molar-refractivity contribution in [2.75, 3.05) is 40.3 Å². The van der Waals surface area contributed by atoms with Gasteiger partial charge >= 0.3 is 12.0 Å². The number of carbonyl (C=O) groups excluding carboxylic acids is 1. The number of aliphatic carboxylic acids is 1. The fourth-order valence-corrected chi connectivity index (χ4v) is 3.31. The molecule has 0 radical (unpaired) electrons. The van der Waals surface area contributed by atoms with Gasteiger partial charge in [0.25, 0.3) is 0 Å². The first-order chi connectivity index (χ1) is 9.47. The maximum atomic E-state index is 11.9. The number of nitrogens with zero attached hydrogens (tertiary/aromatic N) is 3. The van der Waals surface area contributed by atoms with E-state index < -0.39 is 5.97 Å². The van der Waals surface area contributed by atoms with Crippen molar-refractivity contribution in [3.63, 3.8) is 0 Å². The zero-order valence-corrected chi connectivity index (χ0v) is 12.4. The number of carboxylic acid groups (broad SMARTS) is 1. The molecule has 0 saturated carbocycles. The van der Waals surface area contributed by atoms with E-state index in [9.17, 15) is 9.59 Å². The number of amides is 2. The van der Waals surface area contributed by atoms with Gasteiger partial charge in [-0.1, -0.05) is 0 Å². The van der Waals surface area contributed by atoms with Crippen molar-refractivity contribution in [3.8, 4) is 0 Å². The van der Waals surface area contributed by atoms with E-state index in [1.165, 1.54) is 0 Å². The van der Waals surface area contributed by atoms with Gasteiger partial charge in [0.2, 0.25) is 0 Å². The third kappa shape index (κ3) is 3.62. The second-order valence-corrected chi connectivity index (χ2v) is 6.14. The van der Waals surface area contributed by atoms with Crippen LogP contribution in [0.3, 0.4) is 0 Å². The van der Waals surface area contributed by atoms with Crippen LogP contribution >= 0.6 is 0 Å². The lowest BCUT2D eigenvalue weighted by Crippen LogP contribution is -2.48. The van der Waals surface area contributed by atoms with Gasteiger partial charge in [0.05, 0.1) is 0 Å². The summed E-state index contributed by atoms with van der Waals surface area (Å²) in [7, 11) is 3.57. The standard InChI is InChI=1S/C14H25N3O3/c1-15(2)14(20)16-7-4-12(5-8-16)17-6-3-11(10-17)9-13(18)19/h11-12H,3-10H2,1-2H3,(H,18,19). The molecule has 20 heavy (non-hydrogen) atoms. The molecule has 2 rings (SSSR count). The van der Waals surface area contributed by atoms with Crippen molar-refractivity contribution in [1.29, 1.82) is 0 Å². The molecule has 2 aliphatic rings. The number of hydrogen-bond acceptors (Lipinski definition) is 3. The molecule has 0 spiro atoms. The highest BCUT2D eigenvalue weighted by molar-refractivity contribution is 5.73. The molecule has 0 aromatic heterocycles. The Kier molecular flexibility index (Phi) is 4.86. The summed E-state index contributed by atoms with van der Waals surface area (Å²) >= 11 is 0. The maximum Gasteiger partial charge on any atom is 0.319 e. The molecule has 114 valence electrons. The molecule has 2 amide bonds. The molecule has 1 atom stereocenters. The molecule has 2 aliphatic heterocycles. The van der Waals surface area contributed by atoms with Gasteiger partial charge in [-0.3, -0.25) is 9.69 Å². The minimum atomic E-state index is -0.691. The zero-order chi connectivity index (χ0) is 14.7. The third-order valence-electron chi connectivity index (χ3n) is 4.41. The van der Waals surface area contributed by atoms with Crippen molar-refractivity contribution in [2.45, 2.75) is 31.7 Å². The topological polar surface area (TPSA) is 64.1 Å². The van der Waals surface area contributed by atoms with Crippen LogP contribution < -0.4 is 0 Å². The van der Waals surface area contributed by atoms with Gasteiger partial charge in [0.15, 0.2) is 0 Å². The van der Waals surface area contributed by atoms with Crippen molar-refractivity contribution in [2.24, 2.45) is 5.92 Å². The van der Waals surface area contributed by atoms with Crippen LogP contribution in [0.1, 0.15) is 25.7 Å². The minimum absolute atomic E-state index is 0.0913. The number of piperidine rings is 1. The summed E-state index contributed by atoms with van der Waals surface area (Å²) in [5, 5.41) is 8.85. The summed E-state index contributed by atoms with van der Waals surface area (Å²) in [6.45, 7) is 3.52. The predicted molar refractivity (Wildman–Crippen MR) is 75.6 cm³/mol. The summed E-state index contributed by atoms with van der Waals surface area (Å²) in [6, 6.07) is 0.605. The van der Waals surface area contributed by atoms with Crippen molar-refractivity contribution in [3.05, 3.63) is 0 Å². The highest BCUT2D eigenvalue weighted by Gasteiger charge is 2.32. The number of likely N-dealkylation sites (tertiary alicyclic amines) is 2. The molecule has 6 nitrogen and oxygen atoms in total. The molecule has 6 heteroatoms. The quantitative estimate of drug-likeness (QED) is 0.837. The van der Waals surface area contributed by atoms with E-state index in [0.717, 1.165) is 45.4 Å². The first-order valence-corrected chi connectivity index (χ1v) is 7.39. The SMILES string of the molecule is CN(C)C(=O)N1CCC(N2CCC(CC(=O)O)C2)CC1.